The number of hydrogen-bond donors (Lipinski definition) is 1. The van der Waals surface area contributed by atoms with Gasteiger partial charge in [-0.15, -0.1) is 0 Å². The average molecular weight is 429 g/mol. The highest BCUT2D eigenvalue weighted by molar-refractivity contribution is 6.30. The van der Waals surface area contributed by atoms with E-state index in [0.29, 0.717) is 18.9 Å². The van der Waals surface area contributed by atoms with Crippen molar-refractivity contribution < 1.29 is 14.3 Å². The van der Waals surface area contributed by atoms with Gasteiger partial charge in [-0.1, -0.05) is 23.7 Å². The molecule has 0 aromatic heterocycles. The number of nitrogens with zero attached hydrogens (tertiary/aromatic N) is 1. The first-order valence-corrected chi connectivity index (χ1v) is 11.0. The van der Waals surface area contributed by atoms with E-state index in [1.165, 1.54) is 5.56 Å². The van der Waals surface area contributed by atoms with E-state index in [0.717, 1.165) is 61.1 Å². The lowest BCUT2D eigenvalue weighted by Crippen LogP contribution is -2.42. The second-order valence-corrected chi connectivity index (χ2v) is 8.71. The van der Waals surface area contributed by atoms with Gasteiger partial charge in [0.25, 0.3) is 0 Å². The summed E-state index contributed by atoms with van der Waals surface area (Å²) in [5.41, 5.74) is 2.33. The van der Waals surface area contributed by atoms with E-state index < -0.39 is 0 Å². The highest BCUT2D eigenvalue weighted by Crippen LogP contribution is 2.30. The van der Waals surface area contributed by atoms with Gasteiger partial charge in [0.2, 0.25) is 5.91 Å². The fourth-order valence-electron chi connectivity index (χ4n) is 4.25. The monoisotopic (exact) mass is 428 g/mol. The van der Waals surface area contributed by atoms with Crippen molar-refractivity contribution in [3.05, 3.63) is 58.6 Å². The molecule has 2 heterocycles. The Morgan fingerprint density at radius 2 is 1.97 bits per heavy atom. The summed E-state index contributed by atoms with van der Waals surface area (Å²) in [6, 6.07) is 13.8. The van der Waals surface area contributed by atoms with Crippen LogP contribution in [0, 0.1) is 11.8 Å². The lowest BCUT2D eigenvalue weighted by molar-refractivity contribution is -0.126. The maximum Gasteiger partial charge on any atom is 0.226 e. The molecular formula is C24H29ClN2O3. The molecule has 0 spiro atoms. The zero-order valence-electron chi connectivity index (χ0n) is 17.4. The third-order valence-electron chi connectivity index (χ3n) is 6.14. The van der Waals surface area contributed by atoms with Gasteiger partial charge in [0.15, 0.2) is 0 Å². The van der Waals surface area contributed by atoms with E-state index in [-0.39, 0.29) is 11.8 Å². The predicted molar refractivity (Wildman–Crippen MR) is 118 cm³/mol. The lowest BCUT2D eigenvalue weighted by Gasteiger charge is -2.32. The maximum atomic E-state index is 12.7. The number of carbonyl (C=O) groups excluding carboxylic acids is 1. The molecule has 1 fully saturated rings. The molecule has 1 unspecified atom stereocenters. The van der Waals surface area contributed by atoms with Gasteiger partial charge >= 0.3 is 0 Å². The van der Waals surface area contributed by atoms with Gasteiger partial charge in [0, 0.05) is 18.1 Å². The van der Waals surface area contributed by atoms with Crippen molar-refractivity contribution in [2.45, 2.75) is 25.8 Å². The minimum atomic E-state index is -0.144. The van der Waals surface area contributed by atoms with Crippen LogP contribution in [0.5, 0.6) is 11.5 Å². The topological polar surface area (TPSA) is 50.8 Å². The smallest absolute Gasteiger partial charge is 0.226 e. The Hall–Kier alpha value is -2.24. The first kappa shape index (κ1) is 21.0. The van der Waals surface area contributed by atoms with Crippen molar-refractivity contribution in [2.75, 3.05) is 33.4 Å². The molecule has 5 nitrogen and oxygen atoms in total. The molecule has 4 rings (SSSR count). The second kappa shape index (κ2) is 9.71. The number of benzene rings is 2. The van der Waals surface area contributed by atoms with Crippen LogP contribution in [0.25, 0.3) is 0 Å². The van der Waals surface area contributed by atoms with Crippen LogP contribution in [-0.2, 0) is 17.8 Å². The van der Waals surface area contributed by atoms with Gasteiger partial charge in [0.1, 0.15) is 18.1 Å². The van der Waals surface area contributed by atoms with E-state index in [1.54, 1.807) is 7.11 Å². The molecule has 0 radical (unpaired) electrons. The van der Waals surface area contributed by atoms with Crippen LogP contribution in [0.3, 0.4) is 0 Å². The van der Waals surface area contributed by atoms with Crippen LogP contribution >= 0.6 is 11.6 Å². The molecule has 1 atom stereocenters. The Labute approximate surface area is 183 Å². The summed E-state index contributed by atoms with van der Waals surface area (Å²) < 4.78 is 11.1. The molecular weight excluding hydrogens is 400 g/mol. The summed E-state index contributed by atoms with van der Waals surface area (Å²) in [4.78, 5) is 15.2. The summed E-state index contributed by atoms with van der Waals surface area (Å²) in [5.74, 6) is 2.13. The zero-order chi connectivity index (χ0) is 20.9. The average Bonchev–Trinajstić information content (AvgIpc) is 2.79. The fourth-order valence-corrected chi connectivity index (χ4v) is 4.38. The van der Waals surface area contributed by atoms with Gasteiger partial charge in [-0.05, 0) is 79.7 Å². The number of hydrogen-bond acceptors (Lipinski definition) is 4. The Kier molecular flexibility index (Phi) is 6.80. The van der Waals surface area contributed by atoms with Crippen molar-refractivity contribution in [1.29, 1.82) is 0 Å². The molecule has 2 aromatic carbocycles. The molecule has 1 amide bonds. The molecule has 0 aliphatic carbocycles. The third kappa shape index (κ3) is 5.27. The molecule has 0 bridgehead atoms. The quantitative estimate of drug-likeness (QED) is 0.757. The van der Waals surface area contributed by atoms with Crippen LogP contribution < -0.4 is 14.8 Å². The van der Waals surface area contributed by atoms with E-state index in [2.05, 4.69) is 22.3 Å². The van der Waals surface area contributed by atoms with E-state index in [1.807, 2.05) is 30.3 Å². The minimum Gasteiger partial charge on any atom is -0.497 e. The Morgan fingerprint density at radius 1 is 1.20 bits per heavy atom. The number of methoxy groups -OCH3 is 1. The van der Waals surface area contributed by atoms with Crippen molar-refractivity contribution in [3.8, 4) is 11.5 Å². The third-order valence-corrected chi connectivity index (χ3v) is 6.39. The summed E-state index contributed by atoms with van der Waals surface area (Å²) >= 11 is 5.97. The van der Waals surface area contributed by atoms with Gasteiger partial charge in [0.05, 0.1) is 13.0 Å². The normalized spacial score (nSPS) is 19.6. The summed E-state index contributed by atoms with van der Waals surface area (Å²) in [7, 11) is 1.65. The minimum absolute atomic E-state index is 0.0899. The molecule has 160 valence electrons. The highest BCUT2D eigenvalue weighted by Gasteiger charge is 2.27. The SMILES string of the molecule is COc1ccc2c(c1)CC(C(=O)NCC1CCN(Cc3ccc(Cl)cc3)CC1)CO2. The summed E-state index contributed by atoms with van der Waals surface area (Å²) in [5, 5.41) is 3.95. The summed E-state index contributed by atoms with van der Waals surface area (Å²) in [6.07, 6.45) is 2.90. The second-order valence-electron chi connectivity index (χ2n) is 8.28. The molecule has 1 N–H and O–H groups in total. The van der Waals surface area contributed by atoms with Crippen molar-refractivity contribution in [3.63, 3.8) is 0 Å². The van der Waals surface area contributed by atoms with Crippen molar-refractivity contribution in [2.24, 2.45) is 11.8 Å². The van der Waals surface area contributed by atoms with Crippen molar-refractivity contribution in [1.82, 2.24) is 10.2 Å². The Morgan fingerprint density at radius 3 is 2.70 bits per heavy atom. The molecule has 0 saturated carbocycles. The predicted octanol–water partition coefficient (Wildman–Crippen LogP) is 3.93. The molecule has 6 heteroatoms. The number of likely N-dealkylation sites (tertiary alicyclic amines) is 1. The van der Waals surface area contributed by atoms with E-state index >= 15 is 0 Å². The van der Waals surface area contributed by atoms with Crippen molar-refractivity contribution >= 4 is 17.5 Å². The molecule has 2 aliphatic heterocycles. The summed E-state index contributed by atoms with van der Waals surface area (Å²) in [6.45, 7) is 4.25. The molecule has 2 aliphatic rings. The number of halogens is 1. The van der Waals surface area contributed by atoms with Crippen LogP contribution in [0.4, 0.5) is 0 Å². The standard InChI is InChI=1S/C24H29ClN2O3/c1-29-22-6-7-23-19(13-22)12-20(16-30-23)24(28)26-14-17-8-10-27(11-9-17)15-18-2-4-21(25)5-3-18/h2-7,13,17,20H,8-12,14-16H2,1H3,(H,26,28). The van der Waals surface area contributed by atoms with Gasteiger partial charge in [-0.2, -0.15) is 0 Å². The van der Waals surface area contributed by atoms with E-state index in [4.69, 9.17) is 21.1 Å². The van der Waals surface area contributed by atoms with Crippen LogP contribution in [0.15, 0.2) is 42.5 Å². The van der Waals surface area contributed by atoms with Gasteiger partial charge < -0.3 is 14.8 Å². The lowest BCUT2D eigenvalue weighted by atomic mass is 9.94. The molecule has 30 heavy (non-hydrogen) atoms. The Bertz CT molecular complexity index is 863. The molecule has 2 aromatic rings. The largest absolute Gasteiger partial charge is 0.497 e. The number of piperidine rings is 1. The number of ether oxygens (including phenoxy) is 2. The molecule has 1 saturated heterocycles. The van der Waals surface area contributed by atoms with Gasteiger partial charge in [-0.3, -0.25) is 9.69 Å². The number of amides is 1. The number of rotatable bonds is 6. The van der Waals surface area contributed by atoms with Crippen LogP contribution in [0.2, 0.25) is 5.02 Å². The highest BCUT2D eigenvalue weighted by atomic mass is 35.5. The number of nitrogens with one attached hydrogen (secondary N) is 1. The number of carbonyl (C=O) groups is 1. The Balaban J connectivity index is 1.21. The van der Waals surface area contributed by atoms with Gasteiger partial charge in [-0.25, -0.2) is 0 Å². The first-order chi connectivity index (χ1) is 14.6. The maximum absolute atomic E-state index is 12.7. The fraction of sp³-hybridized carbons (Fsp3) is 0.458. The van der Waals surface area contributed by atoms with Crippen LogP contribution in [0.1, 0.15) is 24.0 Å². The van der Waals surface area contributed by atoms with E-state index in [9.17, 15) is 4.79 Å². The number of fused-ring (bicyclic) bond motifs is 1. The van der Waals surface area contributed by atoms with Crippen LogP contribution in [-0.4, -0.2) is 44.2 Å². The first-order valence-electron chi connectivity index (χ1n) is 10.6. The zero-order valence-corrected chi connectivity index (χ0v) is 18.2.